The van der Waals surface area contributed by atoms with Gasteiger partial charge in [-0.3, -0.25) is 0 Å². The van der Waals surface area contributed by atoms with Crippen LogP contribution in [0.5, 0.6) is 0 Å². The van der Waals surface area contributed by atoms with E-state index in [1.165, 1.54) is 0 Å². The smallest absolute Gasteiger partial charge is 0.357 e. The number of alkyl halides is 6. The summed E-state index contributed by atoms with van der Waals surface area (Å²) in [7, 11) is 0. The summed E-state index contributed by atoms with van der Waals surface area (Å²) in [6.45, 7) is 1.70. The minimum absolute atomic E-state index is 0.169. The summed E-state index contributed by atoms with van der Waals surface area (Å²) in [5.41, 5.74) is 0. The molecule has 0 aliphatic heterocycles. The molecule has 0 aromatic carbocycles. The molecule has 2 unspecified atom stereocenters. The van der Waals surface area contributed by atoms with Crippen LogP contribution in [0.15, 0.2) is 0 Å². The zero-order valence-electron chi connectivity index (χ0n) is 7.82. The van der Waals surface area contributed by atoms with E-state index in [0.29, 0.717) is 6.42 Å². The van der Waals surface area contributed by atoms with E-state index in [1.807, 2.05) is 0 Å². The Bertz CT molecular complexity index is 206. The maximum absolute atomic E-state index is 12.0. The van der Waals surface area contributed by atoms with Crippen molar-refractivity contribution >= 4 is 0 Å². The average molecular weight is 236 g/mol. The highest BCUT2D eigenvalue weighted by Crippen LogP contribution is 2.43. The minimum atomic E-state index is -5.39. The SMILES string of the molecule is CCC1CC1OC(C(F)(F)F)C(F)(F)F. The molecule has 1 nitrogen and oxygen atoms in total. The third-order valence-electron chi connectivity index (χ3n) is 2.29. The van der Waals surface area contributed by atoms with E-state index < -0.39 is 24.6 Å². The van der Waals surface area contributed by atoms with E-state index in [-0.39, 0.29) is 12.3 Å². The fourth-order valence-corrected chi connectivity index (χ4v) is 1.33. The van der Waals surface area contributed by atoms with Crippen LogP contribution in [0.1, 0.15) is 19.8 Å². The van der Waals surface area contributed by atoms with E-state index in [0.717, 1.165) is 0 Å². The molecule has 15 heavy (non-hydrogen) atoms. The third kappa shape index (κ3) is 3.25. The summed E-state index contributed by atoms with van der Waals surface area (Å²) in [6.07, 6.45) is -14.5. The molecule has 0 aromatic heterocycles. The second-order valence-corrected chi connectivity index (χ2v) is 3.54. The molecule has 1 aliphatic carbocycles. The molecule has 0 amide bonds. The number of hydrogen-bond acceptors (Lipinski definition) is 1. The van der Waals surface area contributed by atoms with Crippen LogP contribution >= 0.6 is 0 Å². The molecule has 0 radical (unpaired) electrons. The maximum Gasteiger partial charge on any atom is 0.423 e. The van der Waals surface area contributed by atoms with Crippen molar-refractivity contribution in [3.8, 4) is 0 Å². The molecule has 7 heteroatoms. The Balaban J connectivity index is 2.60. The summed E-state index contributed by atoms with van der Waals surface area (Å²) < 4.78 is 76.0. The van der Waals surface area contributed by atoms with Crippen LogP contribution in [0.25, 0.3) is 0 Å². The predicted molar refractivity (Wildman–Crippen MR) is 39.2 cm³/mol. The first-order chi connectivity index (χ1) is 6.66. The van der Waals surface area contributed by atoms with Gasteiger partial charge in [-0.15, -0.1) is 0 Å². The first-order valence-electron chi connectivity index (χ1n) is 4.45. The van der Waals surface area contributed by atoms with Crippen molar-refractivity contribution in [3.05, 3.63) is 0 Å². The lowest BCUT2D eigenvalue weighted by molar-refractivity contribution is -0.325. The van der Waals surface area contributed by atoms with Gasteiger partial charge in [-0.2, -0.15) is 26.3 Å². The van der Waals surface area contributed by atoms with Crippen LogP contribution in [-0.2, 0) is 4.74 Å². The van der Waals surface area contributed by atoms with Gasteiger partial charge >= 0.3 is 12.4 Å². The molecule has 90 valence electrons. The molecular formula is C8H10F6O. The monoisotopic (exact) mass is 236 g/mol. The van der Waals surface area contributed by atoms with Crippen LogP contribution in [0, 0.1) is 5.92 Å². The molecule has 0 N–H and O–H groups in total. The van der Waals surface area contributed by atoms with Gasteiger partial charge in [-0.05, 0) is 12.3 Å². The van der Waals surface area contributed by atoms with Crippen molar-refractivity contribution in [2.24, 2.45) is 5.92 Å². The second kappa shape index (κ2) is 3.84. The Morgan fingerprint density at radius 1 is 1.13 bits per heavy atom. The van der Waals surface area contributed by atoms with Gasteiger partial charge in [0.1, 0.15) is 0 Å². The van der Waals surface area contributed by atoms with Gasteiger partial charge in [0.15, 0.2) is 0 Å². The standard InChI is InChI=1S/C8H10F6O/c1-2-4-3-5(4)15-6(7(9,10)11)8(12,13)14/h4-6H,2-3H2,1H3. The summed E-state index contributed by atoms with van der Waals surface area (Å²) in [5, 5.41) is 0. The lowest BCUT2D eigenvalue weighted by Gasteiger charge is -2.23. The molecule has 1 rings (SSSR count). The molecule has 0 heterocycles. The zero-order chi connectivity index (χ0) is 11.9. The molecular weight excluding hydrogens is 226 g/mol. The Labute approximate surface area is 82.4 Å². The molecule has 0 spiro atoms. The van der Waals surface area contributed by atoms with Gasteiger partial charge < -0.3 is 4.74 Å². The van der Waals surface area contributed by atoms with Crippen LogP contribution in [0.2, 0.25) is 0 Å². The summed E-state index contributed by atoms with van der Waals surface area (Å²) in [6, 6.07) is 0. The van der Waals surface area contributed by atoms with Crippen molar-refractivity contribution in [2.75, 3.05) is 0 Å². The number of halogens is 6. The molecule has 2 atom stereocenters. The van der Waals surface area contributed by atoms with Gasteiger partial charge in [-0.1, -0.05) is 13.3 Å². The van der Waals surface area contributed by atoms with Crippen molar-refractivity contribution in [1.29, 1.82) is 0 Å². The first-order valence-corrected chi connectivity index (χ1v) is 4.45. The predicted octanol–water partition coefficient (Wildman–Crippen LogP) is 3.29. The zero-order valence-corrected chi connectivity index (χ0v) is 7.82. The fourth-order valence-electron chi connectivity index (χ4n) is 1.33. The van der Waals surface area contributed by atoms with Gasteiger partial charge in [-0.25, -0.2) is 0 Å². The largest absolute Gasteiger partial charge is 0.423 e. The van der Waals surface area contributed by atoms with Crippen LogP contribution < -0.4 is 0 Å². The van der Waals surface area contributed by atoms with Crippen LogP contribution in [0.3, 0.4) is 0 Å². The van der Waals surface area contributed by atoms with Gasteiger partial charge in [0.2, 0.25) is 6.10 Å². The second-order valence-electron chi connectivity index (χ2n) is 3.54. The third-order valence-corrected chi connectivity index (χ3v) is 2.29. The molecule has 0 bridgehead atoms. The van der Waals surface area contributed by atoms with E-state index in [4.69, 9.17) is 0 Å². The van der Waals surface area contributed by atoms with Crippen molar-refractivity contribution < 1.29 is 31.1 Å². The van der Waals surface area contributed by atoms with Gasteiger partial charge in [0.05, 0.1) is 6.10 Å². The summed E-state index contributed by atoms with van der Waals surface area (Å²) >= 11 is 0. The molecule has 0 aromatic rings. The Hall–Kier alpha value is -0.460. The topological polar surface area (TPSA) is 9.23 Å². The molecule has 1 saturated carbocycles. The van der Waals surface area contributed by atoms with E-state index in [1.54, 1.807) is 6.92 Å². The molecule has 1 aliphatic rings. The summed E-state index contributed by atoms with van der Waals surface area (Å²) in [4.78, 5) is 0. The lowest BCUT2D eigenvalue weighted by atomic mass is 10.3. The highest BCUT2D eigenvalue weighted by atomic mass is 19.4. The molecule has 0 saturated heterocycles. The Kier molecular flexibility index (Phi) is 3.23. The van der Waals surface area contributed by atoms with Crippen molar-refractivity contribution in [1.82, 2.24) is 0 Å². The quantitative estimate of drug-likeness (QED) is 0.683. The number of rotatable bonds is 3. The van der Waals surface area contributed by atoms with E-state index >= 15 is 0 Å². The fraction of sp³-hybridized carbons (Fsp3) is 1.00. The Morgan fingerprint density at radius 2 is 1.60 bits per heavy atom. The highest BCUT2D eigenvalue weighted by molar-refractivity contribution is 4.90. The van der Waals surface area contributed by atoms with E-state index in [9.17, 15) is 26.3 Å². The van der Waals surface area contributed by atoms with Gasteiger partial charge in [0.25, 0.3) is 0 Å². The normalized spacial score (nSPS) is 27.2. The van der Waals surface area contributed by atoms with Gasteiger partial charge in [0, 0.05) is 0 Å². The molecule has 1 fully saturated rings. The average Bonchev–Trinajstić information content (AvgIpc) is 2.74. The van der Waals surface area contributed by atoms with Crippen molar-refractivity contribution in [3.63, 3.8) is 0 Å². The Morgan fingerprint density at radius 3 is 1.87 bits per heavy atom. The minimum Gasteiger partial charge on any atom is -0.357 e. The van der Waals surface area contributed by atoms with Crippen LogP contribution in [0.4, 0.5) is 26.3 Å². The first kappa shape index (κ1) is 12.6. The summed E-state index contributed by atoms with van der Waals surface area (Å²) in [5.74, 6) is -0.169. The van der Waals surface area contributed by atoms with Crippen molar-refractivity contribution in [2.45, 2.75) is 44.3 Å². The highest BCUT2D eigenvalue weighted by Gasteiger charge is 2.60. The number of hydrogen-bond donors (Lipinski definition) is 0. The number of ether oxygens (including phenoxy) is 1. The lowest BCUT2D eigenvalue weighted by Crippen LogP contribution is -2.45. The maximum atomic E-state index is 12.0. The van der Waals surface area contributed by atoms with Crippen LogP contribution in [-0.4, -0.2) is 24.6 Å². The van der Waals surface area contributed by atoms with E-state index in [2.05, 4.69) is 4.74 Å².